The van der Waals surface area contributed by atoms with Crippen molar-refractivity contribution in [2.24, 2.45) is 0 Å². The molecule has 0 N–H and O–H groups in total. The van der Waals surface area contributed by atoms with Crippen molar-refractivity contribution in [2.45, 2.75) is 23.8 Å². The fourth-order valence-corrected chi connectivity index (χ4v) is 5.14. The van der Waals surface area contributed by atoms with E-state index < -0.39 is 0 Å². The van der Waals surface area contributed by atoms with Crippen LogP contribution in [-0.4, -0.2) is 19.6 Å². The largest absolute Gasteiger partial charge is 0.497 e. The molecule has 0 spiro atoms. The van der Waals surface area contributed by atoms with Gasteiger partial charge in [-0.2, -0.15) is 0 Å². The highest BCUT2D eigenvalue weighted by molar-refractivity contribution is 7.98. The van der Waals surface area contributed by atoms with E-state index in [0.717, 1.165) is 22.8 Å². The van der Waals surface area contributed by atoms with Crippen LogP contribution in [0.5, 0.6) is 5.75 Å². The number of carbonyl (C=O) groups is 1. The summed E-state index contributed by atoms with van der Waals surface area (Å²) in [5, 5.41) is 0.211. The molecule has 23 heavy (non-hydrogen) atoms. The van der Waals surface area contributed by atoms with Gasteiger partial charge in [-0.1, -0.05) is 24.3 Å². The van der Waals surface area contributed by atoms with Gasteiger partial charge in [-0.3, -0.25) is 4.79 Å². The SMILES string of the molecule is CCN1C(=O)[C@H]2c3ccc(OC)cc3CS[C@H]2c2ccccc21. The molecule has 118 valence electrons. The van der Waals surface area contributed by atoms with Crippen LogP contribution in [0.25, 0.3) is 0 Å². The molecule has 2 aliphatic rings. The lowest BCUT2D eigenvalue weighted by molar-refractivity contribution is -0.120. The highest BCUT2D eigenvalue weighted by Crippen LogP contribution is 2.54. The highest BCUT2D eigenvalue weighted by atomic mass is 32.2. The maximum Gasteiger partial charge on any atom is 0.236 e. The summed E-state index contributed by atoms with van der Waals surface area (Å²) >= 11 is 1.86. The van der Waals surface area contributed by atoms with Gasteiger partial charge in [0.05, 0.1) is 13.0 Å². The molecule has 0 aromatic heterocycles. The summed E-state index contributed by atoms with van der Waals surface area (Å²) in [5.74, 6) is 1.90. The van der Waals surface area contributed by atoms with Gasteiger partial charge in [0.15, 0.2) is 0 Å². The minimum absolute atomic E-state index is 0.0930. The number of amides is 1. The zero-order chi connectivity index (χ0) is 16.0. The number of hydrogen-bond acceptors (Lipinski definition) is 3. The zero-order valence-electron chi connectivity index (χ0n) is 13.3. The minimum Gasteiger partial charge on any atom is -0.497 e. The number of ether oxygens (including phenoxy) is 1. The molecule has 2 aliphatic heterocycles. The van der Waals surface area contributed by atoms with Crippen molar-refractivity contribution in [2.75, 3.05) is 18.6 Å². The summed E-state index contributed by atoms with van der Waals surface area (Å²) in [5.41, 5.74) is 4.74. The van der Waals surface area contributed by atoms with Gasteiger partial charge in [0.2, 0.25) is 5.91 Å². The first-order valence-corrected chi connectivity index (χ1v) is 8.98. The summed E-state index contributed by atoms with van der Waals surface area (Å²) in [6, 6.07) is 14.4. The molecule has 0 aliphatic carbocycles. The Bertz CT molecular complexity index is 774. The lowest BCUT2D eigenvalue weighted by Crippen LogP contribution is -2.42. The van der Waals surface area contributed by atoms with Gasteiger partial charge in [-0.05, 0) is 41.8 Å². The number of fused-ring (bicyclic) bond motifs is 5. The van der Waals surface area contributed by atoms with Crippen LogP contribution in [0, 0.1) is 0 Å². The molecule has 0 bridgehead atoms. The van der Waals surface area contributed by atoms with Crippen LogP contribution in [0.3, 0.4) is 0 Å². The topological polar surface area (TPSA) is 29.5 Å². The number of nitrogens with zero attached hydrogens (tertiary/aromatic N) is 1. The number of rotatable bonds is 2. The third-order valence-corrected chi connectivity index (χ3v) is 6.15. The summed E-state index contributed by atoms with van der Waals surface area (Å²) in [7, 11) is 1.68. The van der Waals surface area contributed by atoms with Gasteiger partial charge in [-0.15, -0.1) is 11.8 Å². The van der Waals surface area contributed by atoms with Crippen LogP contribution in [0.1, 0.15) is 34.8 Å². The van der Waals surface area contributed by atoms with E-state index in [9.17, 15) is 4.79 Å². The Labute approximate surface area is 140 Å². The summed E-state index contributed by atoms with van der Waals surface area (Å²) in [6.45, 7) is 2.75. The number of hydrogen-bond donors (Lipinski definition) is 0. The van der Waals surface area contributed by atoms with E-state index >= 15 is 0 Å². The lowest BCUT2D eigenvalue weighted by Gasteiger charge is -2.42. The van der Waals surface area contributed by atoms with E-state index in [1.807, 2.05) is 35.7 Å². The number of benzene rings is 2. The van der Waals surface area contributed by atoms with E-state index in [0.29, 0.717) is 6.54 Å². The molecule has 3 nitrogen and oxygen atoms in total. The minimum atomic E-state index is -0.0930. The fourth-order valence-electron chi connectivity index (χ4n) is 3.69. The van der Waals surface area contributed by atoms with Crippen LogP contribution in [0.2, 0.25) is 0 Å². The third-order valence-electron chi connectivity index (χ3n) is 4.79. The Kier molecular flexibility index (Phi) is 3.57. The maximum atomic E-state index is 13.2. The Morgan fingerprint density at radius 1 is 1.22 bits per heavy atom. The molecule has 2 aromatic rings. The molecular formula is C19H19NO2S. The quantitative estimate of drug-likeness (QED) is 0.831. The molecule has 0 unspecified atom stereocenters. The Hall–Kier alpha value is -1.94. The van der Waals surface area contributed by atoms with Gasteiger partial charge >= 0.3 is 0 Å². The average Bonchev–Trinajstić information content (AvgIpc) is 2.61. The monoisotopic (exact) mass is 325 g/mol. The standard InChI is InChI=1S/C19H19NO2S/c1-3-20-16-7-5-4-6-15(16)18-17(19(20)21)14-9-8-13(22-2)10-12(14)11-23-18/h4-10,17-18H,3,11H2,1-2H3/t17-,18-/m0/s1. The third kappa shape index (κ3) is 2.16. The second-order valence-corrected chi connectivity index (χ2v) is 7.05. The first kappa shape index (κ1) is 14.6. The molecule has 0 radical (unpaired) electrons. The molecule has 1 amide bonds. The Morgan fingerprint density at radius 2 is 2.04 bits per heavy atom. The first-order valence-electron chi connectivity index (χ1n) is 7.93. The summed E-state index contributed by atoms with van der Waals surface area (Å²) < 4.78 is 5.34. The van der Waals surface area contributed by atoms with Crippen molar-refractivity contribution < 1.29 is 9.53 Å². The van der Waals surface area contributed by atoms with Crippen molar-refractivity contribution >= 4 is 23.4 Å². The van der Waals surface area contributed by atoms with Gasteiger partial charge in [0.25, 0.3) is 0 Å². The second-order valence-electron chi connectivity index (χ2n) is 5.92. The normalized spacial score (nSPS) is 22.2. The predicted octanol–water partition coefficient (Wildman–Crippen LogP) is 4.13. The van der Waals surface area contributed by atoms with Crippen LogP contribution in [-0.2, 0) is 10.5 Å². The molecule has 4 heteroatoms. The van der Waals surface area contributed by atoms with Crippen LogP contribution in [0.15, 0.2) is 42.5 Å². The summed E-state index contributed by atoms with van der Waals surface area (Å²) in [4.78, 5) is 15.1. The predicted molar refractivity (Wildman–Crippen MR) is 94.2 cm³/mol. The van der Waals surface area contributed by atoms with Crippen molar-refractivity contribution in [1.82, 2.24) is 0 Å². The van der Waals surface area contributed by atoms with Crippen molar-refractivity contribution in [1.29, 1.82) is 0 Å². The first-order chi connectivity index (χ1) is 11.2. The van der Waals surface area contributed by atoms with E-state index in [2.05, 4.69) is 30.3 Å². The van der Waals surface area contributed by atoms with E-state index in [-0.39, 0.29) is 17.1 Å². The summed E-state index contributed by atoms with van der Waals surface area (Å²) in [6.07, 6.45) is 0. The number of methoxy groups -OCH3 is 1. The zero-order valence-corrected chi connectivity index (χ0v) is 14.1. The maximum absolute atomic E-state index is 13.2. The van der Waals surface area contributed by atoms with E-state index in [1.165, 1.54) is 11.1 Å². The van der Waals surface area contributed by atoms with Crippen molar-refractivity contribution in [3.63, 3.8) is 0 Å². The molecule has 2 aromatic carbocycles. The molecular weight excluding hydrogens is 306 g/mol. The number of thioether (sulfide) groups is 1. The van der Waals surface area contributed by atoms with E-state index in [1.54, 1.807) is 7.11 Å². The molecule has 2 heterocycles. The Balaban J connectivity index is 1.87. The van der Waals surface area contributed by atoms with Crippen LogP contribution in [0.4, 0.5) is 5.69 Å². The number of likely N-dealkylation sites (N-methyl/N-ethyl adjacent to an activating group) is 1. The Morgan fingerprint density at radius 3 is 2.83 bits per heavy atom. The lowest BCUT2D eigenvalue weighted by atomic mass is 9.83. The van der Waals surface area contributed by atoms with Crippen molar-refractivity contribution in [3.8, 4) is 5.75 Å². The molecule has 0 saturated heterocycles. The number of carbonyl (C=O) groups excluding carboxylic acids is 1. The second kappa shape index (κ2) is 5.60. The molecule has 0 fully saturated rings. The fraction of sp³-hybridized carbons (Fsp3) is 0.316. The molecule has 2 atom stereocenters. The molecule has 0 saturated carbocycles. The number of para-hydroxylation sites is 1. The number of anilines is 1. The van der Waals surface area contributed by atoms with Gasteiger partial charge in [0, 0.05) is 23.2 Å². The smallest absolute Gasteiger partial charge is 0.236 e. The van der Waals surface area contributed by atoms with E-state index in [4.69, 9.17) is 4.74 Å². The van der Waals surface area contributed by atoms with Crippen molar-refractivity contribution in [3.05, 3.63) is 59.2 Å². The highest BCUT2D eigenvalue weighted by Gasteiger charge is 2.43. The average molecular weight is 325 g/mol. The van der Waals surface area contributed by atoms with Gasteiger partial charge in [-0.25, -0.2) is 0 Å². The van der Waals surface area contributed by atoms with Gasteiger partial charge in [0.1, 0.15) is 5.75 Å². The van der Waals surface area contributed by atoms with Crippen LogP contribution < -0.4 is 9.64 Å². The molecule has 4 rings (SSSR count). The van der Waals surface area contributed by atoms with Crippen LogP contribution >= 0.6 is 11.8 Å². The van der Waals surface area contributed by atoms with Gasteiger partial charge < -0.3 is 9.64 Å².